The monoisotopic (exact) mass is 311 g/mol. The topological polar surface area (TPSA) is 47.6 Å². The zero-order valence-electron chi connectivity index (χ0n) is 13.1. The van der Waals surface area contributed by atoms with E-state index in [9.17, 15) is 4.79 Å². The van der Waals surface area contributed by atoms with Crippen LogP contribution in [0.15, 0.2) is 24.3 Å². The first-order valence-corrected chi connectivity index (χ1v) is 8.56. The molecule has 1 rings (SSSR count). The van der Waals surface area contributed by atoms with Crippen molar-refractivity contribution >= 4 is 17.7 Å². The number of hydrogen-bond donors (Lipinski definition) is 1. The zero-order valence-corrected chi connectivity index (χ0v) is 13.9. The SMILES string of the molecule is CCNC(CSCC(=O)OCC)c1ccccc1OCC. The van der Waals surface area contributed by atoms with E-state index in [2.05, 4.69) is 18.3 Å². The van der Waals surface area contributed by atoms with Gasteiger partial charge in [-0.1, -0.05) is 25.1 Å². The van der Waals surface area contributed by atoms with E-state index in [0.717, 1.165) is 23.6 Å². The van der Waals surface area contributed by atoms with Gasteiger partial charge in [0.05, 0.1) is 19.0 Å². The lowest BCUT2D eigenvalue weighted by atomic mass is 10.1. The van der Waals surface area contributed by atoms with Crippen LogP contribution >= 0.6 is 11.8 Å². The third-order valence-electron chi connectivity index (χ3n) is 2.85. The van der Waals surface area contributed by atoms with Crippen LogP contribution in [0.3, 0.4) is 0 Å². The van der Waals surface area contributed by atoms with Gasteiger partial charge in [0, 0.05) is 17.4 Å². The lowest BCUT2D eigenvalue weighted by molar-refractivity contribution is -0.139. The van der Waals surface area contributed by atoms with Gasteiger partial charge < -0.3 is 14.8 Å². The number of thioether (sulfide) groups is 1. The quantitative estimate of drug-likeness (QED) is 0.673. The van der Waals surface area contributed by atoms with Crippen molar-refractivity contribution in [3.05, 3.63) is 29.8 Å². The van der Waals surface area contributed by atoms with Gasteiger partial charge in [0.15, 0.2) is 0 Å². The summed E-state index contributed by atoms with van der Waals surface area (Å²) in [6.45, 7) is 7.82. The van der Waals surface area contributed by atoms with E-state index in [-0.39, 0.29) is 12.0 Å². The van der Waals surface area contributed by atoms with Gasteiger partial charge in [-0.15, -0.1) is 11.8 Å². The van der Waals surface area contributed by atoms with Gasteiger partial charge >= 0.3 is 5.97 Å². The summed E-state index contributed by atoms with van der Waals surface area (Å²) in [5.41, 5.74) is 1.14. The molecule has 0 aliphatic rings. The molecule has 0 fully saturated rings. The van der Waals surface area contributed by atoms with Crippen molar-refractivity contribution in [3.63, 3.8) is 0 Å². The van der Waals surface area contributed by atoms with E-state index < -0.39 is 0 Å². The van der Waals surface area contributed by atoms with Crippen molar-refractivity contribution in [1.82, 2.24) is 5.32 Å². The molecule has 1 N–H and O–H groups in total. The van der Waals surface area contributed by atoms with Crippen molar-refractivity contribution in [1.29, 1.82) is 0 Å². The Morgan fingerprint density at radius 1 is 1.24 bits per heavy atom. The fourth-order valence-electron chi connectivity index (χ4n) is 2.02. The second kappa shape index (κ2) is 10.5. The average molecular weight is 311 g/mol. The van der Waals surface area contributed by atoms with E-state index in [1.807, 2.05) is 32.0 Å². The number of hydrogen-bond acceptors (Lipinski definition) is 5. The Labute approximate surface area is 131 Å². The minimum Gasteiger partial charge on any atom is -0.494 e. The van der Waals surface area contributed by atoms with Gasteiger partial charge in [-0.05, 0) is 26.5 Å². The molecular weight excluding hydrogens is 286 g/mol. The molecule has 4 nitrogen and oxygen atoms in total. The summed E-state index contributed by atoms with van der Waals surface area (Å²) in [5, 5.41) is 3.45. The van der Waals surface area contributed by atoms with Crippen LogP contribution in [0.25, 0.3) is 0 Å². The fourth-order valence-corrected chi connectivity index (χ4v) is 2.92. The average Bonchev–Trinajstić information content (AvgIpc) is 2.48. The third kappa shape index (κ3) is 6.40. The van der Waals surface area contributed by atoms with Crippen LogP contribution in [0.1, 0.15) is 32.4 Å². The second-order valence-electron chi connectivity index (χ2n) is 4.40. The predicted molar refractivity (Wildman–Crippen MR) is 88.0 cm³/mol. The minimum absolute atomic E-state index is 0.157. The van der Waals surface area contributed by atoms with Gasteiger partial charge in [0.1, 0.15) is 5.75 Å². The molecule has 0 radical (unpaired) electrons. The highest BCUT2D eigenvalue weighted by Crippen LogP contribution is 2.27. The van der Waals surface area contributed by atoms with E-state index in [0.29, 0.717) is 19.0 Å². The number of para-hydroxylation sites is 1. The zero-order chi connectivity index (χ0) is 15.5. The first-order valence-electron chi connectivity index (χ1n) is 7.41. The maximum Gasteiger partial charge on any atom is 0.315 e. The maximum absolute atomic E-state index is 11.4. The van der Waals surface area contributed by atoms with Crippen molar-refractivity contribution in [2.75, 3.05) is 31.3 Å². The van der Waals surface area contributed by atoms with Gasteiger partial charge in [-0.25, -0.2) is 0 Å². The molecule has 21 heavy (non-hydrogen) atoms. The molecule has 0 aromatic heterocycles. The summed E-state index contributed by atoms with van der Waals surface area (Å²) >= 11 is 1.58. The number of carbonyl (C=O) groups excluding carboxylic acids is 1. The molecule has 118 valence electrons. The van der Waals surface area contributed by atoms with Crippen LogP contribution in [-0.2, 0) is 9.53 Å². The van der Waals surface area contributed by atoms with Crippen LogP contribution < -0.4 is 10.1 Å². The minimum atomic E-state index is -0.157. The van der Waals surface area contributed by atoms with Crippen LogP contribution in [-0.4, -0.2) is 37.2 Å². The number of carbonyl (C=O) groups is 1. The summed E-state index contributed by atoms with van der Waals surface area (Å²) in [7, 11) is 0. The van der Waals surface area contributed by atoms with Gasteiger partial charge in [-0.3, -0.25) is 4.79 Å². The molecule has 1 unspecified atom stereocenters. The number of benzene rings is 1. The van der Waals surface area contributed by atoms with Crippen molar-refractivity contribution in [3.8, 4) is 5.75 Å². The highest BCUT2D eigenvalue weighted by molar-refractivity contribution is 7.99. The molecular formula is C16H25NO3S. The van der Waals surface area contributed by atoms with Gasteiger partial charge in [0.2, 0.25) is 0 Å². The van der Waals surface area contributed by atoms with Crippen LogP contribution in [0.4, 0.5) is 0 Å². The Morgan fingerprint density at radius 2 is 2.00 bits per heavy atom. The Kier molecular flexibility index (Phi) is 8.94. The number of esters is 1. The number of rotatable bonds is 10. The van der Waals surface area contributed by atoms with Crippen molar-refractivity contribution < 1.29 is 14.3 Å². The first kappa shape index (κ1) is 17.9. The van der Waals surface area contributed by atoms with E-state index in [1.165, 1.54) is 0 Å². The van der Waals surface area contributed by atoms with Crippen LogP contribution in [0, 0.1) is 0 Å². The normalized spacial score (nSPS) is 12.0. The molecule has 0 aliphatic heterocycles. The van der Waals surface area contributed by atoms with Crippen LogP contribution in [0.5, 0.6) is 5.75 Å². The van der Waals surface area contributed by atoms with Crippen molar-refractivity contribution in [2.45, 2.75) is 26.8 Å². The van der Waals surface area contributed by atoms with Crippen molar-refractivity contribution in [2.24, 2.45) is 0 Å². The third-order valence-corrected chi connectivity index (χ3v) is 3.86. The van der Waals surface area contributed by atoms with E-state index in [4.69, 9.17) is 9.47 Å². The maximum atomic E-state index is 11.4. The van der Waals surface area contributed by atoms with Crippen LogP contribution in [0.2, 0.25) is 0 Å². The summed E-state index contributed by atoms with van der Waals surface area (Å²) in [5.74, 6) is 1.93. The predicted octanol–water partition coefficient (Wildman–Crippen LogP) is 3.03. The van der Waals surface area contributed by atoms with Gasteiger partial charge in [-0.2, -0.15) is 0 Å². The highest BCUT2D eigenvalue weighted by atomic mass is 32.2. The largest absolute Gasteiger partial charge is 0.494 e. The summed E-state index contributed by atoms with van der Waals surface area (Å²) in [6.07, 6.45) is 0. The Hall–Kier alpha value is -1.20. The Morgan fingerprint density at radius 3 is 2.67 bits per heavy atom. The molecule has 0 spiro atoms. The molecule has 0 bridgehead atoms. The summed E-state index contributed by atoms with van der Waals surface area (Å²) in [6, 6.07) is 8.21. The fraction of sp³-hybridized carbons (Fsp3) is 0.562. The molecule has 0 saturated heterocycles. The molecule has 0 amide bonds. The Balaban J connectivity index is 2.66. The summed E-state index contributed by atoms with van der Waals surface area (Å²) < 4.78 is 10.6. The lowest BCUT2D eigenvalue weighted by Crippen LogP contribution is -2.24. The standard InChI is InChI=1S/C16H25NO3S/c1-4-17-14(11-21-12-16(18)20-6-3)13-9-7-8-10-15(13)19-5-2/h7-10,14,17H,4-6,11-12H2,1-3H3. The smallest absolute Gasteiger partial charge is 0.315 e. The molecule has 1 atom stereocenters. The number of ether oxygens (including phenoxy) is 2. The summed E-state index contributed by atoms with van der Waals surface area (Å²) in [4.78, 5) is 11.4. The first-order chi connectivity index (χ1) is 10.2. The van der Waals surface area contributed by atoms with Gasteiger partial charge in [0.25, 0.3) is 0 Å². The lowest BCUT2D eigenvalue weighted by Gasteiger charge is -2.20. The molecule has 1 aromatic rings. The Bertz CT molecular complexity index is 426. The van der Waals surface area contributed by atoms with E-state index >= 15 is 0 Å². The molecule has 0 saturated carbocycles. The molecule has 0 aliphatic carbocycles. The highest BCUT2D eigenvalue weighted by Gasteiger charge is 2.16. The number of nitrogens with one attached hydrogen (secondary N) is 1. The van der Waals surface area contributed by atoms with E-state index in [1.54, 1.807) is 11.8 Å². The molecule has 1 aromatic carbocycles. The second-order valence-corrected chi connectivity index (χ2v) is 5.43. The molecule has 5 heteroatoms. The molecule has 0 heterocycles.